The third-order valence-corrected chi connectivity index (χ3v) is 7.57. The van der Waals surface area contributed by atoms with E-state index in [1.807, 2.05) is 27.7 Å². The van der Waals surface area contributed by atoms with Gasteiger partial charge in [-0.15, -0.1) is 0 Å². The molecule has 4 N–H and O–H groups in total. The van der Waals surface area contributed by atoms with Crippen LogP contribution >= 0.6 is 12.2 Å². The number of anilines is 1. The van der Waals surface area contributed by atoms with Crippen LogP contribution in [0.3, 0.4) is 0 Å². The van der Waals surface area contributed by atoms with Crippen molar-refractivity contribution in [3.8, 4) is 0 Å². The summed E-state index contributed by atoms with van der Waals surface area (Å²) in [5, 5.41) is 8.38. The van der Waals surface area contributed by atoms with E-state index in [1.54, 1.807) is 37.3 Å². The Bertz CT molecular complexity index is 1050. The summed E-state index contributed by atoms with van der Waals surface area (Å²) < 4.78 is 28.8. The van der Waals surface area contributed by atoms with Gasteiger partial charge in [-0.25, -0.2) is 8.42 Å². The Morgan fingerprint density at radius 1 is 1.30 bits per heavy atom. The second-order valence-corrected chi connectivity index (χ2v) is 10.7. The maximum absolute atomic E-state index is 13.2. The molecule has 33 heavy (non-hydrogen) atoms. The molecule has 1 aliphatic rings. The van der Waals surface area contributed by atoms with Crippen molar-refractivity contribution in [2.24, 2.45) is 5.41 Å². The SMILES string of the molecule is CCC1(CC(NC=O)c2ccc(N(C)C)c(S(=O)(=O)NC(=S)NC(C)C)c2)C(=O)NC=C1C. The van der Waals surface area contributed by atoms with Crippen molar-refractivity contribution in [1.29, 1.82) is 0 Å². The van der Waals surface area contributed by atoms with Crippen molar-refractivity contribution in [3.63, 3.8) is 0 Å². The number of sulfonamides is 1. The highest BCUT2D eigenvalue weighted by atomic mass is 32.2. The molecule has 0 fully saturated rings. The lowest BCUT2D eigenvalue weighted by Crippen LogP contribution is -2.42. The molecule has 2 atom stereocenters. The smallest absolute Gasteiger partial charge is 0.265 e. The van der Waals surface area contributed by atoms with Gasteiger partial charge in [0.05, 0.1) is 17.1 Å². The summed E-state index contributed by atoms with van der Waals surface area (Å²) >= 11 is 5.14. The number of hydrogen-bond acceptors (Lipinski definition) is 6. The van der Waals surface area contributed by atoms with E-state index in [4.69, 9.17) is 12.2 Å². The molecule has 0 aliphatic carbocycles. The zero-order chi connectivity index (χ0) is 25.0. The van der Waals surface area contributed by atoms with Crippen LogP contribution in [0.1, 0.15) is 52.1 Å². The summed E-state index contributed by atoms with van der Waals surface area (Å²) in [5.41, 5.74) is 1.11. The molecule has 2 unspecified atom stereocenters. The second-order valence-electron chi connectivity index (χ2n) is 8.63. The Morgan fingerprint density at radius 3 is 2.45 bits per heavy atom. The van der Waals surface area contributed by atoms with Crippen LogP contribution in [0.15, 0.2) is 34.9 Å². The van der Waals surface area contributed by atoms with Crippen molar-refractivity contribution in [3.05, 3.63) is 35.5 Å². The molecule has 0 saturated carbocycles. The monoisotopic (exact) mass is 495 g/mol. The quantitative estimate of drug-likeness (QED) is 0.289. The molecular weight excluding hydrogens is 462 g/mol. The minimum absolute atomic E-state index is 0.00370. The average Bonchev–Trinajstić information content (AvgIpc) is 3.00. The molecule has 1 aliphatic heterocycles. The molecule has 0 saturated heterocycles. The Labute approximate surface area is 201 Å². The predicted octanol–water partition coefficient (Wildman–Crippen LogP) is 1.92. The van der Waals surface area contributed by atoms with Crippen LogP contribution in [0.4, 0.5) is 5.69 Å². The van der Waals surface area contributed by atoms with Gasteiger partial charge in [-0.05, 0) is 69.1 Å². The number of amides is 2. The zero-order valence-electron chi connectivity index (χ0n) is 19.9. The zero-order valence-corrected chi connectivity index (χ0v) is 21.5. The van der Waals surface area contributed by atoms with Crippen LogP contribution < -0.4 is 25.6 Å². The van der Waals surface area contributed by atoms with Crippen LogP contribution in [-0.4, -0.2) is 46.0 Å². The summed E-state index contributed by atoms with van der Waals surface area (Å²) in [6.45, 7) is 7.48. The van der Waals surface area contributed by atoms with Gasteiger partial charge in [-0.2, -0.15) is 0 Å². The third kappa shape index (κ3) is 5.83. The van der Waals surface area contributed by atoms with Crippen molar-refractivity contribution in [1.82, 2.24) is 20.7 Å². The van der Waals surface area contributed by atoms with E-state index in [2.05, 4.69) is 20.7 Å². The largest absolute Gasteiger partial charge is 0.377 e. The van der Waals surface area contributed by atoms with Crippen LogP contribution in [-0.2, 0) is 19.6 Å². The van der Waals surface area contributed by atoms with E-state index in [0.717, 1.165) is 5.57 Å². The molecule has 0 spiro atoms. The van der Waals surface area contributed by atoms with Crippen LogP contribution in [0.2, 0.25) is 0 Å². The molecule has 11 heteroatoms. The molecule has 0 bridgehead atoms. The molecule has 0 radical (unpaired) electrons. The molecule has 1 aromatic carbocycles. The number of benzene rings is 1. The lowest BCUT2D eigenvalue weighted by molar-refractivity contribution is -0.128. The number of thiocarbonyl (C=S) groups is 1. The number of hydrogen-bond donors (Lipinski definition) is 4. The molecule has 2 amide bonds. The normalized spacial score (nSPS) is 18.9. The highest BCUT2D eigenvalue weighted by molar-refractivity contribution is 7.92. The summed E-state index contributed by atoms with van der Waals surface area (Å²) in [5.74, 6) is -0.135. The lowest BCUT2D eigenvalue weighted by Gasteiger charge is -2.32. The molecule has 1 heterocycles. The first-order chi connectivity index (χ1) is 15.4. The van der Waals surface area contributed by atoms with Crippen molar-refractivity contribution < 1.29 is 18.0 Å². The first-order valence-electron chi connectivity index (χ1n) is 10.7. The highest BCUT2D eigenvalue weighted by Crippen LogP contribution is 2.43. The van der Waals surface area contributed by atoms with Gasteiger partial charge in [0.15, 0.2) is 5.11 Å². The van der Waals surface area contributed by atoms with E-state index in [0.29, 0.717) is 24.1 Å². The maximum atomic E-state index is 13.2. The molecule has 2 rings (SSSR count). The van der Waals surface area contributed by atoms with Crippen molar-refractivity contribution >= 4 is 45.4 Å². The molecular formula is C22H33N5O4S2. The van der Waals surface area contributed by atoms with E-state index < -0.39 is 21.5 Å². The minimum Gasteiger partial charge on any atom is -0.377 e. The van der Waals surface area contributed by atoms with Gasteiger partial charge in [0.25, 0.3) is 10.0 Å². The van der Waals surface area contributed by atoms with Crippen LogP contribution in [0.25, 0.3) is 0 Å². The van der Waals surface area contributed by atoms with E-state index >= 15 is 0 Å². The number of carbonyl (C=O) groups is 2. The standard InChI is InChI=1S/C22H33N5O4S2/c1-7-22(15(4)12-23-20(22)29)11-17(24-13-28)16-8-9-18(27(5)6)19(10-16)33(30,31)26-21(32)25-14(2)3/h8-10,12-14,17H,7,11H2,1-6H3,(H,23,29)(H,24,28)(H2,25,26,32). The first kappa shape index (κ1) is 26.6. The molecule has 1 aromatic rings. The van der Waals surface area contributed by atoms with Crippen molar-refractivity contribution in [2.45, 2.75) is 57.5 Å². The Balaban J connectivity index is 2.53. The van der Waals surface area contributed by atoms with E-state index in [-0.39, 0.29) is 28.4 Å². The van der Waals surface area contributed by atoms with E-state index in [1.165, 1.54) is 6.07 Å². The van der Waals surface area contributed by atoms with Gasteiger partial charge in [-0.1, -0.05) is 13.0 Å². The third-order valence-electron chi connectivity index (χ3n) is 5.84. The minimum atomic E-state index is -4.02. The number of rotatable bonds is 10. The topological polar surface area (TPSA) is 120 Å². The number of carbonyl (C=O) groups excluding carboxylic acids is 2. The summed E-state index contributed by atoms with van der Waals surface area (Å²) in [6, 6.07) is 4.33. The average molecular weight is 496 g/mol. The van der Waals surface area contributed by atoms with Crippen molar-refractivity contribution in [2.75, 3.05) is 19.0 Å². The van der Waals surface area contributed by atoms with Crippen LogP contribution in [0.5, 0.6) is 0 Å². The molecule has 9 nitrogen and oxygen atoms in total. The lowest BCUT2D eigenvalue weighted by atomic mass is 9.73. The molecule has 0 aromatic heterocycles. The highest BCUT2D eigenvalue weighted by Gasteiger charge is 2.43. The van der Waals surface area contributed by atoms with Crippen LogP contribution in [0, 0.1) is 5.41 Å². The van der Waals surface area contributed by atoms with E-state index in [9.17, 15) is 18.0 Å². The predicted molar refractivity (Wildman–Crippen MR) is 133 cm³/mol. The summed E-state index contributed by atoms with van der Waals surface area (Å²) in [6.07, 6.45) is 3.07. The fourth-order valence-electron chi connectivity index (χ4n) is 3.97. The number of nitrogens with one attached hydrogen (secondary N) is 4. The van der Waals surface area contributed by atoms with Gasteiger partial charge < -0.3 is 20.9 Å². The Kier molecular flexibility index (Phi) is 8.47. The molecule has 182 valence electrons. The Morgan fingerprint density at radius 2 is 1.97 bits per heavy atom. The van der Waals surface area contributed by atoms with Gasteiger partial charge in [0.2, 0.25) is 12.3 Å². The van der Waals surface area contributed by atoms with Gasteiger partial charge in [0, 0.05) is 26.3 Å². The Hall–Kier alpha value is -2.66. The fraction of sp³-hybridized carbons (Fsp3) is 0.500. The van der Waals surface area contributed by atoms with Gasteiger partial charge in [0.1, 0.15) is 4.90 Å². The van der Waals surface area contributed by atoms with Gasteiger partial charge in [-0.3, -0.25) is 14.3 Å². The number of nitrogens with zero attached hydrogens (tertiary/aromatic N) is 1. The maximum Gasteiger partial charge on any atom is 0.265 e. The summed E-state index contributed by atoms with van der Waals surface area (Å²) in [7, 11) is -0.545. The van der Waals surface area contributed by atoms with Gasteiger partial charge >= 0.3 is 0 Å². The summed E-state index contributed by atoms with van der Waals surface area (Å²) in [4.78, 5) is 25.8. The first-order valence-corrected chi connectivity index (χ1v) is 12.6. The second kappa shape index (κ2) is 10.5. The fourth-order valence-corrected chi connectivity index (χ4v) is 5.77.